The summed E-state index contributed by atoms with van der Waals surface area (Å²) in [6, 6.07) is 8.09. The number of benzene rings is 1. The van der Waals surface area contributed by atoms with E-state index in [0.717, 1.165) is 42.8 Å². The number of imidazole rings is 1. The third-order valence-electron chi connectivity index (χ3n) is 5.39. The van der Waals surface area contributed by atoms with E-state index in [2.05, 4.69) is 4.98 Å². The van der Waals surface area contributed by atoms with Crippen LogP contribution in [0, 0.1) is 0 Å². The Morgan fingerprint density at radius 2 is 1.85 bits per heavy atom. The Bertz CT molecular complexity index is 705. The molecule has 3 N–H and O–H groups in total. The lowest BCUT2D eigenvalue weighted by Crippen LogP contribution is -2.59. The lowest BCUT2D eigenvalue weighted by molar-refractivity contribution is -0.141. The first-order chi connectivity index (χ1) is 11.7. The van der Waals surface area contributed by atoms with Crippen molar-refractivity contribution in [1.29, 1.82) is 0 Å². The van der Waals surface area contributed by atoms with Crippen LogP contribution < -0.4 is 5.73 Å². The highest BCUT2D eigenvalue weighted by atomic mass is 35.5. The molecule has 144 valence electrons. The van der Waals surface area contributed by atoms with Gasteiger partial charge in [0.05, 0.1) is 16.6 Å². The van der Waals surface area contributed by atoms with Gasteiger partial charge in [-0.25, -0.2) is 4.98 Å². The molecule has 2 aliphatic rings. The van der Waals surface area contributed by atoms with Gasteiger partial charge in [-0.1, -0.05) is 12.1 Å². The number of nitrogens with one attached hydrogen (secondary N) is 1. The van der Waals surface area contributed by atoms with Crippen LogP contribution in [0.5, 0.6) is 0 Å². The monoisotopic (exact) mass is 400 g/mol. The number of carbonyl (C=O) groups is 1. The number of aromatic amines is 1. The number of amides is 1. The normalized spacial score (nSPS) is 20.3. The molecule has 0 radical (unpaired) electrons. The fourth-order valence-electron chi connectivity index (χ4n) is 3.79. The second kappa shape index (κ2) is 8.57. The van der Waals surface area contributed by atoms with Gasteiger partial charge in [-0.2, -0.15) is 0 Å². The molecular weight excluding hydrogens is 375 g/mol. The zero-order chi connectivity index (χ0) is 16.6. The van der Waals surface area contributed by atoms with E-state index in [1.807, 2.05) is 29.2 Å². The number of H-pyrrole nitrogens is 1. The summed E-state index contributed by atoms with van der Waals surface area (Å²) >= 11 is 0. The fourth-order valence-corrected chi connectivity index (χ4v) is 3.79. The molecule has 2 saturated heterocycles. The van der Waals surface area contributed by atoms with E-state index in [1.165, 1.54) is 0 Å². The average molecular weight is 401 g/mol. The minimum absolute atomic E-state index is 0. The number of nitrogens with two attached hydrogens (primary N) is 1. The number of halogens is 2. The molecule has 0 bridgehead atoms. The number of nitrogens with zero attached hydrogens (tertiary/aromatic N) is 2. The van der Waals surface area contributed by atoms with Crippen LogP contribution in [0.25, 0.3) is 11.0 Å². The number of hydrogen-bond acceptors (Lipinski definition) is 4. The van der Waals surface area contributed by atoms with Gasteiger partial charge in [0.25, 0.3) is 0 Å². The maximum Gasteiger partial charge on any atom is 0.242 e. The van der Waals surface area contributed by atoms with Crippen molar-refractivity contribution in [3.8, 4) is 0 Å². The first-order valence-corrected chi connectivity index (χ1v) is 8.76. The van der Waals surface area contributed by atoms with Gasteiger partial charge in [-0.3, -0.25) is 4.79 Å². The Labute approximate surface area is 165 Å². The van der Waals surface area contributed by atoms with Crippen molar-refractivity contribution in [2.75, 3.05) is 26.3 Å². The van der Waals surface area contributed by atoms with E-state index < -0.39 is 5.54 Å². The van der Waals surface area contributed by atoms with Crippen molar-refractivity contribution in [3.63, 3.8) is 0 Å². The molecule has 0 atom stereocenters. The summed E-state index contributed by atoms with van der Waals surface area (Å²) in [4.78, 5) is 22.8. The van der Waals surface area contributed by atoms with Crippen LogP contribution in [-0.4, -0.2) is 52.6 Å². The summed E-state index contributed by atoms with van der Waals surface area (Å²) in [6.07, 6.45) is 3.10. The number of likely N-dealkylation sites (tertiary alicyclic amines) is 1. The van der Waals surface area contributed by atoms with Gasteiger partial charge in [0, 0.05) is 32.2 Å². The second-order valence-corrected chi connectivity index (χ2v) is 6.97. The maximum atomic E-state index is 12.8. The molecule has 0 unspecified atom stereocenters. The molecule has 8 heteroatoms. The first kappa shape index (κ1) is 21.0. The van der Waals surface area contributed by atoms with Gasteiger partial charge in [-0.15, -0.1) is 24.8 Å². The Balaban J connectivity index is 0.00000121. The molecule has 0 aliphatic carbocycles. The predicted octanol–water partition coefficient (Wildman–Crippen LogP) is 2.62. The van der Waals surface area contributed by atoms with Crippen LogP contribution in [0.2, 0.25) is 0 Å². The minimum atomic E-state index is -0.732. The number of piperidine rings is 1. The van der Waals surface area contributed by atoms with Crippen molar-refractivity contribution in [2.24, 2.45) is 5.73 Å². The summed E-state index contributed by atoms with van der Waals surface area (Å²) in [5.74, 6) is 1.51. The zero-order valence-electron chi connectivity index (χ0n) is 14.6. The Morgan fingerprint density at radius 1 is 1.19 bits per heavy atom. The topological polar surface area (TPSA) is 84.2 Å². The van der Waals surface area contributed by atoms with Crippen molar-refractivity contribution >= 4 is 41.8 Å². The number of fused-ring (bicyclic) bond motifs is 1. The molecule has 4 rings (SSSR count). The zero-order valence-corrected chi connectivity index (χ0v) is 16.3. The molecular formula is C18H26Cl2N4O2. The highest BCUT2D eigenvalue weighted by molar-refractivity contribution is 5.86. The van der Waals surface area contributed by atoms with E-state index in [-0.39, 0.29) is 30.7 Å². The van der Waals surface area contributed by atoms with E-state index in [9.17, 15) is 4.79 Å². The van der Waals surface area contributed by atoms with E-state index in [4.69, 9.17) is 15.5 Å². The fraction of sp³-hybridized carbons (Fsp3) is 0.556. The van der Waals surface area contributed by atoms with Crippen molar-refractivity contribution < 1.29 is 9.53 Å². The molecule has 26 heavy (non-hydrogen) atoms. The average Bonchev–Trinajstić information content (AvgIpc) is 3.06. The smallest absolute Gasteiger partial charge is 0.242 e. The molecule has 3 heterocycles. The Kier molecular flexibility index (Phi) is 6.91. The van der Waals surface area contributed by atoms with E-state index in [1.54, 1.807) is 0 Å². The van der Waals surface area contributed by atoms with Crippen molar-refractivity contribution in [3.05, 3.63) is 30.1 Å². The standard InChI is InChI=1S/C18H24N4O2.2ClH/c19-18(7-11-24-12-8-18)17(23)22-9-5-13(6-10-22)16-20-14-3-1-2-4-15(14)21-16;;/h1-4,13H,5-12,19H2,(H,20,21);2*1H. The Morgan fingerprint density at radius 3 is 2.50 bits per heavy atom. The van der Waals surface area contributed by atoms with Crippen LogP contribution in [0.15, 0.2) is 24.3 Å². The van der Waals surface area contributed by atoms with Crippen molar-refractivity contribution in [1.82, 2.24) is 14.9 Å². The first-order valence-electron chi connectivity index (χ1n) is 8.76. The van der Waals surface area contributed by atoms with Gasteiger partial charge in [-0.05, 0) is 37.8 Å². The molecule has 0 saturated carbocycles. The van der Waals surface area contributed by atoms with Crippen LogP contribution in [0.1, 0.15) is 37.4 Å². The maximum absolute atomic E-state index is 12.8. The summed E-state index contributed by atoms with van der Waals surface area (Å²) < 4.78 is 5.34. The molecule has 2 aromatic rings. The summed E-state index contributed by atoms with van der Waals surface area (Å²) in [6.45, 7) is 2.66. The van der Waals surface area contributed by atoms with E-state index >= 15 is 0 Å². The largest absolute Gasteiger partial charge is 0.381 e. The third kappa shape index (κ3) is 3.98. The summed E-state index contributed by atoms with van der Waals surface area (Å²) in [7, 11) is 0. The quantitative estimate of drug-likeness (QED) is 0.810. The van der Waals surface area contributed by atoms with Crippen LogP contribution in [-0.2, 0) is 9.53 Å². The molecule has 1 aromatic heterocycles. The minimum Gasteiger partial charge on any atom is -0.381 e. The highest BCUT2D eigenvalue weighted by Gasteiger charge is 2.40. The van der Waals surface area contributed by atoms with E-state index in [0.29, 0.717) is 32.0 Å². The molecule has 1 aromatic carbocycles. The number of hydrogen-bond donors (Lipinski definition) is 2. The summed E-state index contributed by atoms with van der Waals surface area (Å²) in [5.41, 5.74) is 7.70. The molecule has 2 fully saturated rings. The molecule has 0 spiro atoms. The number of ether oxygens (including phenoxy) is 1. The third-order valence-corrected chi connectivity index (χ3v) is 5.39. The number of para-hydroxylation sites is 2. The van der Waals surface area contributed by atoms with Crippen LogP contribution >= 0.6 is 24.8 Å². The molecule has 6 nitrogen and oxygen atoms in total. The van der Waals surface area contributed by atoms with Gasteiger partial charge in [0.2, 0.25) is 5.91 Å². The summed E-state index contributed by atoms with van der Waals surface area (Å²) in [5, 5.41) is 0. The molecule has 2 aliphatic heterocycles. The predicted molar refractivity (Wildman–Crippen MR) is 106 cm³/mol. The van der Waals surface area contributed by atoms with Gasteiger partial charge < -0.3 is 20.4 Å². The lowest BCUT2D eigenvalue weighted by Gasteiger charge is -2.39. The van der Waals surface area contributed by atoms with Gasteiger partial charge >= 0.3 is 0 Å². The second-order valence-electron chi connectivity index (χ2n) is 6.97. The number of aromatic nitrogens is 2. The van der Waals surface area contributed by atoms with Crippen molar-refractivity contribution in [2.45, 2.75) is 37.1 Å². The van der Waals surface area contributed by atoms with Gasteiger partial charge in [0.1, 0.15) is 5.82 Å². The number of carbonyl (C=O) groups excluding carboxylic acids is 1. The Hall–Kier alpha value is -1.34. The highest BCUT2D eigenvalue weighted by Crippen LogP contribution is 2.30. The van der Waals surface area contributed by atoms with Gasteiger partial charge in [0.15, 0.2) is 0 Å². The number of rotatable bonds is 2. The van der Waals surface area contributed by atoms with Crippen LogP contribution in [0.3, 0.4) is 0 Å². The molecule has 1 amide bonds. The SMILES string of the molecule is Cl.Cl.NC1(C(=O)N2CCC(c3nc4ccccc4[nH]3)CC2)CCOCC1. The van der Waals surface area contributed by atoms with Crippen LogP contribution in [0.4, 0.5) is 0 Å². The lowest BCUT2D eigenvalue weighted by atomic mass is 9.88.